The number of halogens is 2. The largest absolute Gasteiger partial charge is 0.357 e. The van der Waals surface area contributed by atoms with Crippen LogP contribution in [0.15, 0.2) is 48.5 Å². The van der Waals surface area contributed by atoms with Crippen molar-refractivity contribution >= 4 is 50.7 Å². The predicted octanol–water partition coefficient (Wildman–Crippen LogP) is 4.14. The van der Waals surface area contributed by atoms with Crippen LogP contribution in [0, 0.1) is 0 Å². The van der Waals surface area contributed by atoms with Crippen molar-refractivity contribution in [2.45, 2.75) is 38.6 Å². The molecule has 2 amide bonds. The van der Waals surface area contributed by atoms with Crippen molar-refractivity contribution in [3.8, 4) is 0 Å². The second-order valence-corrected chi connectivity index (χ2v) is 10.6. The Morgan fingerprint density at radius 1 is 1.06 bits per heavy atom. The molecule has 7 nitrogen and oxygen atoms in total. The van der Waals surface area contributed by atoms with Crippen LogP contribution in [0.4, 0.5) is 5.69 Å². The number of carbonyl (C=O) groups is 2. The molecule has 0 aromatic heterocycles. The minimum atomic E-state index is -3.66. The first-order chi connectivity index (χ1) is 16.1. The highest BCUT2D eigenvalue weighted by molar-refractivity contribution is 7.92. The van der Waals surface area contributed by atoms with E-state index in [0.29, 0.717) is 24.4 Å². The van der Waals surface area contributed by atoms with Crippen LogP contribution in [0.2, 0.25) is 10.0 Å². The number of anilines is 1. The van der Waals surface area contributed by atoms with Crippen molar-refractivity contribution in [2.75, 3.05) is 30.7 Å². The summed E-state index contributed by atoms with van der Waals surface area (Å²) >= 11 is 12.3. The molecule has 2 aromatic carbocycles. The van der Waals surface area contributed by atoms with Crippen molar-refractivity contribution in [3.05, 3.63) is 64.1 Å². The molecule has 0 saturated carbocycles. The Kier molecular flexibility index (Phi) is 10.7. The highest BCUT2D eigenvalue weighted by Gasteiger charge is 2.28. The monoisotopic (exact) mass is 527 g/mol. The zero-order chi connectivity index (χ0) is 25.3. The van der Waals surface area contributed by atoms with E-state index < -0.39 is 16.1 Å². The lowest BCUT2D eigenvalue weighted by Crippen LogP contribution is -2.49. The summed E-state index contributed by atoms with van der Waals surface area (Å²) in [5.41, 5.74) is 1.33. The zero-order valence-electron chi connectivity index (χ0n) is 19.6. The zero-order valence-corrected chi connectivity index (χ0v) is 22.0. The predicted molar refractivity (Wildman–Crippen MR) is 138 cm³/mol. The number of likely N-dealkylation sites (N-methyl/N-ethyl adjacent to an activating group) is 1. The second kappa shape index (κ2) is 13.0. The number of sulfonamides is 1. The van der Waals surface area contributed by atoms with E-state index in [4.69, 9.17) is 23.2 Å². The number of rotatable bonds is 12. The molecule has 0 unspecified atom stereocenters. The lowest BCUT2D eigenvalue weighted by molar-refractivity contribution is -0.140. The van der Waals surface area contributed by atoms with Gasteiger partial charge in [0.25, 0.3) is 0 Å². The van der Waals surface area contributed by atoms with E-state index in [9.17, 15) is 18.0 Å². The summed E-state index contributed by atoms with van der Waals surface area (Å²) in [5.74, 6) is -0.440. The van der Waals surface area contributed by atoms with Gasteiger partial charge in [-0.1, -0.05) is 60.5 Å². The van der Waals surface area contributed by atoms with Gasteiger partial charge in [0.1, 0.15) is 6.04 Å². The van der Waals surface area contributed by atoms with Crippen LogP contribution >= 0.6 is 23.2 Å². The molecule has 1 atom stereocenters. The number of hydrogen-bond acceptors (Lipinski definition) is 4. The number of hydrogen-bond donors (Lipinski definition) is 1. The average Bonchev–Trinajstić information content (AvgIpc) is 2.80. The quantitative estimate of drug-likeness (QED) is 0.449. The molecule has 0 aliphatic carbocycles. The highest BCUT2D eigenvalue weighted by Crippen LogP contribution is 2.31. The average molecular weight is 529 g/mol. The van der Waals surface area contributed by atoms with Crippen molar-refractivity contribution in [1.82, 2.24) is 10.2 Å². The minimum Gasteiger partial charge on any atom is -0.357 e. The molecule has 1 N–H and O–H groups in total. The van der Waals surface area contributed by atoms with Crippen LogP contribution in [0.25, 0.3) is 0 Å². The molecule has 186 valence electrons. The standard InChI is InChI=1S/C24H31Cl2N3O4S/c1-4-21(24(31)27-2)28(16-14-18-9-6-5-7-10-18)23(30)11-8-15-29(34(3,32)33)22-17-19(25)12-13-20(22)26/h5-7,9-10,12-13,17,21H,4,8,11,14-16H2,1-3H3,(H,27,31)/t21-/m0/s1. The third kappa shape index (κ3) is 7.89. The SMILES string of the molecule is CC[C@@H](C(=O)NC)N(CCc1ccccc1)C(=O)CCCN(c1cc(Cl)ccc1Cl)S(C)(=O)=O. The van der Waals surface area contributed by atoms with E-state index in [2.05, 4.69) is 5.32 Å². The molecular formula is C24H31Cl2N3O4S. The maximum absolute atomic E-state index is 13.2. The van der Waals surface area contributed by atoms with Gasteiger partial charge in [0, 0.05) is 31.6 Å². The molecule has 0 spiro atoms. The third-order valence-corrected chi connectivity index (χ3v) is 7.18. The van der Waals surface area contributed by atoms with E-state index in [1.807, 2.05) is 37.3 Å². The van der Waals surface area contributed by atoms with Gasteiger partial charge in [0.15, 0.2) is 0 Å². The van der Waals surface area contributed by atoms with Crippen LogP contribution in [-0.4, -0.2) is 57.6 Å². The molecule has 0 radical (unpaired) electrons. The lowest BCUT2D eigenvalue weighted by atomic mass is 10.1. The Balaban J connectivity index is 2.16. The van der Waals surface area contributed by atoms with Gasteiger partial charge >= 0.3 is 0 Å². The molecule has 0 bridgehead atoms. The summed E-state index contributed by atoms with van der Waals surface area (Å²) in [6, 6.07) is 13.7. The molecule has 0 fully saturated rings. The van der Waals surface area contributed by atoms with E-state index in [1.165, 1.54) is 12.1 Å². The van der Waals surface area contributed by atoms with Crippen molar-refractivity contribution in [2.24, 2.45) is 0 Å². The number of carbonyl (C=O) groups excluding carboxylic acids is 2. The van der Waals surface area contributed by atoms with Crippen molar-refractivity contribution < 1.29 is 18.0 Å². The number of nitrogens with zero attached hydrogens (tertiary/aromatic N) is 2. The Morgan fingerprint density at radius 3 is 2.32 bits per heavy atom. The van der Waals surface area contributed by atoms with E-state index in [-0.39, 0.29) is 41.9 Å². The maximum Gasteiger partial charge on any atom is 0.242 e. The number of nitrogens with one attached hydrogen (secondary N) is 1. The Bertz CT molecular complexity index is 1080. The van der Waals surface area contributed by atoms with Gasteiger partial charge in [0.2, 0.25) is 21.8 Å². The van der Waals surface area contributed by atoms with Gasteiger partial charge < -0.3 is 10.2 Å². The van der Waals surface area contributed by atoms with Crippen molar-refractivity contribution in [3.63, 3.8) is 0 Å². The van der Waals surface area contributed by atoms with Gasteiger partial charge in [-0.05, 0) is 43.0 Å². The summed E-state index contributed by atoms with van der Waals surface area (Å²) in [6.45, 7) is 2.29. The van der Waals surface area contributed by atoms with Crippen LogP contribution in [0.1, 0.15) is 31.7 Å². The Hall–Kier alpha value is -2.29. The smallest absolute Gasteiger partial charge is 0.242 e. The molecule has 34 heavy (non-hydrogen) atoms. The molecule has 0 saturated heterocycles. The Morgan fingerprint density at radius 2 is 1.74 bits per heavy atom. The fourth-order valence-corrected chi connectivity index (χ4v) is 5.13. The molecule has 0 heterocycles. The van der Waals surface area contributed by atoms with Gasteiger partial charge in [-0.25, -0.2) is 8.42 Å². The normalized spacial score (nSPS) is 12.1. The Labute approximate surface area is 212 Å². The van der Waals surface area contributed by atoms with Gasteiger partial charge in [0.05, 0.1) is 17.0 Å². The van der Waals surface area contributed by atoms with Gasteiger partial charge in [-0.15, -0.1) is 0 Å². The molecule has 2 aromatic rings. The molecule has 0 aliphatic heterocycles. The van der Waals surface area contributed by atoms with Crippen LogP contribution in [-0.2, 0) is 26.0 Å². The van der Waals surface area contributed by atoms with Crippen LogP contribution in [0.3, 0.4) is 0 Å². The minimum absolute atomic E-state index is 0.0495. The summed E-state index contributed by atoms with van der Waals surface area (Å²) < 4.78 is 26.0. The van der Waals surface area contributed by atoms with E-state index in [0.717, 1.165) is 16.1 Å². The summed E-state index contributed by atoms with van der Waals surface area (Å²) in [4.78, 5) is 27.2. The molecule has 0 aliphatic rings. The van der Waals surface area contributed by atoms with Gasteiger partial charge in [-0.3, -0.25) is 13.9 Å². The summed E-state index contributed by atoms with van der Waals surface area (Å²) in [7, 11) is -2.11. The molecular weight excluding hydrogens is 497 g/mol. The first-order valence-electron chi connectivity index (χ1n) is 11.1. The summed E-state index contributed by atoms with van der Waals surface area (Å²) in [5, 5.41) is 3.23. The van der Waals surface area contributed by atoms with E-state index in [1.54, 1.807) is 18.0 Å². The van der Waals surface area contributed by atoms with Crippen molar-refractivity contribution in [1.29, 1.82) is 0 Å². The summed E-state index contributed by atoms with van der Waals surface area (Å²) in [6.07, 6.45) is 2.48. The lowest BCUT2D eigenvalue weighted by Gasteiger charge is -2.31. The number of benzene rings is 2. The number of amides is 2. The first-order valence-corrected chi connectivity index (χ1v) is 13.7. The molecule has 2 rings (SSSR count). The van der Waals surface area contributed by atoms with Crippen LogP contribution in [0.5, 0.6) is 0 Å². The highest BCUT2D eigenvalue weighted by atomic mass is 35.5. The topological polar surface area (TPSA) is 86.8 Å². The van der Waals surface area contributed by atoms with Gasteiger partial charge in [-0.2, -0.15) is 0 Å². The maximum atomic E-state index is 13.2. The second-order valence-electron chi connectivity index (χ2n) is 7.90. The van der Waals surface area contributed by atoms with Crippen LogP contribution < -0.4 is 9.62 Å². The fourth-order valence-electron chi connectivity index (χ4n) is 3.72. The third-order valence-electron chi connectivity index (χ3n) is 5.45. The van der Waals surface area contributed by atoms with E-state index >= 15 is 0 Å². The fraction of sp³-hybridized carbons (Fsp3) is 0.417. The first kappa shape index (κ1) is 28.0. The molecule has 10 heteroatoms.